The molecule has 0 unspecified atom stereocenters. The van der Waals surface area contributed by atoms with Crippen LogP contribution in [-0.2, 0) is 4.74 Å². The fourth-order valence-electron chi connectivity index (χ4n) is 1.61. The first-order valence-corrected chi connectivity index (χ1v) is 5.93. The van der Waals surface area contributed by atoms with Gasteiger partial charge in [0.05, 0.1) is 25.5 Å². The van der Waals surface area contributed by atoms with Crippen LogP contribution in [0.3, 0.4) is 0 Å². The lowest BCUT2D eigenvalue weighted by Crippen LogP contribution is -2.09. The fraction of sp³-hybridized carbons (Fsp3) is 0.462. The van der Waals surface area contributed by atoms with Crippen LogP contribution in [0.5, 0.6) is 5.75 Å². The van der Waals surface area contributed by atoms with Gasteiger partial charge in [0, 0.05) is 6.54 Å². The zero-order valence-electron chi connectivity index (χ0n) is 11.1. The van der Waals surface area contributed by atoms with Gasteiger partial charge in [-0.15, -0.1) is 0 Å². The number of methoxy groups -OCH3 is 2. The number of unbranched alkanes of at least 4 members (excludes halogenated alkanes) is 1. The van der Waals surface area contributed by atoms with E-state index in [4.69, 9.17) is 10.5 Å². The van der Waals surface area contributed by atoms with E-state index in [9.17, 15) is 4.79 Å². The Morgan fingerprint density at radius 2 is 2.11 bits per heavy atom. The summed E-state index contributed by atoms with van der Waals surface area (Å²) in [4.78, 5) is 11.5. The molecule has 0 amide bonds. The molecule has 0 bridgehead atoms. The van der Waals surface area contributed by atoms with Crippen molar-refractivity contribution in [3.05, 3.63) is 17.7 Å². The van der Waals surface area contributed by atoms with E-state index >= 15 is 0 Å². The number of hydrogen-bond acceptors (Lipinski definition) is 5. The molecular formula is C13H20N2O3. The lowest BCUT2D eigenvalue weighted by atomic mass is 10.1. The van der Waals surface area contributed by atoms with E-state index in [1.54, 1.807) is 19.2 Å². The number of carbonyl (C=O) groups is 1. The van der Waals surface area contributed by atoms with Crippen molar-refractivity contribution in [1.29, 1.82) is 0 Å². The van der Waals surface area contributed by atoms with Crippen LogP contribution in [0.1, 0.15) is 30.1 Å². The van der Waals surface area contributed by atoms with E-state index in [0.717, 1.165) is 25.1 Å². The Morgan fingerprint density at radius 1 is 1.39 bits per heavy atom. The van der Waals surface area contributed by atoms with Crippen LogP contribution in [0, 0.1) is 0 Å². The summed E-state index contributed by atoms with van der Waals surface area (Å²) in [5.74, 6) is 0.117. The maximum Gasteiger partial charge on any atom is 0.338 e. The summed E-state index contributed by atoms with van der Waals surface area (Å²) in [6.45, 7) is 2.93. The third-order valence-electron chi connectivity index (χ3n) is 2.61. The molecule has 100 valence electrons. The average Bonchev–Trinajstić information content (AvgIpc) is 2.39. The van der Waals surface area contributed by atoms with Crippen molar-refractivity contribution < 1.29 is 14.3 Å². The van der Waals surface area contributed by atoms with E-state index < -0.39 is 5.97 Å². The van der Waals surface area contributed by atoms with Crippen LogP contribution in [0.4, 0.5) is 11.4 Å². The monoisotopic (exact) mass is 252 g/mol. The Balaban J connectivity index is 3.00. The molecule has 5 heteroatoms. The molecule has 18 heavy (non-hydrogen) atoms. The number of ether oxygens (including phenoxy) is 2. The van der Waals surface area contributed by atoms with E-state index in [-0.39, 0.29) is 0 Å². The van der Waals surface area contributed by atoms with Crippen molar-refractivity contribution in [3.8, 4) is 5.75 Å². The highest BCUT2D eigenvalue weighted by Gasteiger charge is 2.13. The maximum atomic E-state index is 11.5. The second-order valence-corrected chi connectivity index (χ2v) is 3.91. The van der Waals surface area contributed by atoms with Crippen LogP contribution >= 0.6 is 0 Å². The summed E-state index contributed by atoms with van der Waals surface area (Å²) in [5.41, 5.74) is 7.50. The Labute approximate surface area is 107 Å². The van der Waals surface area contributed by atoms with Crippen LogP contribution in [0.25, 0.3) is 0 Å². The van der Waals surface area contributed by atoms with Gasteiger partial charge in [-0.05, 0) is 18.6 Å². The molecule has 0 atom stereocenters. The van der Waals surface area contributed by atoms with Crippen molar-refractivity contribution >= 4 is 17.3 Å². The molecule has 1 aromatic carbocycles. The SMILES string of the molecule is CCCCNc1c(N)cc(C(=O)OC)cc1OC. The molecular weight excluding hydrogens is 232 g/mol. The van der Waals surface area contributed by atoms with E-state index in [1.165, 1.54) is 7.11 Å². The maximum absolute atomic E-state index is 11.5. The Hall–Kier alpha value is -1.91. The summed E-state index contributed by atoms with van der Waals surface area (Å²) >= 11 is 0. The predicted molar refractivity (Wildman–Crippen MR) is 72.1 cm³/mol. The normalized spacial score (nSPS) is 9.94. The van der Waals surface area contributed by atoms with Gasteiger partial charge in [0.2, 0.25) is 0 Å². The average molecular weight is 252 g/mol. The number of nitrogens with one attached hydrogen (secondary N) is 1. The number of hydrogen-bond donors (Lipinski definition) is 2. The number of carbonyl (C=O) groups excluding carboxylic acids is 1. The minimum Gasteiger partial charge on any atom is -0.494 e. The molecule has 0 radical (unpaired) electrons. The molecule has 5 nitrogen and oxygen atoms in total. The topological polar surface area (TPSA) is 73.6 Å². The molecule has 0 aromatic heterocycles. The lowest BCUT2D eigenvalue weighted by Gasteiger charge is -2.14. The third kappa shape index (κ3) is 3.29. The molecule has 0 aliphatic rings. The summed E-state index contributed by atoms with van der Waals surface area (Å²) in [5, 5.41) is 3.22. The van der Waals surface area contributed by atoms with Crippen molar-refractivity contribution in [2.75, 3.05) is 31.8 Å². The summed E-state index contributed by atoms with van der Waals surface area (Å²) in [6, 6.07) is 3.21. The molecule has 0 saturated carbocycles. The molecule has 0 fully saturated rings. The quantitative estimate of drug-likeness (QED) is 0.461. The Kier molecular flexibility index (Phi) is 5.30. The second kappa shape index (κ2) is 6.74. The Bertz CT molecular complexity index is 419. The largest absolute Gasteiger partial charge is 0.494 e. The number of esters is 1. The van der Waals surface area contributed by atoms with E-state index in [0.29, 0.717) is 17.0 Å². The molecule has 1 aromatic rings. The third-order valence-corrected chi connectivity index (χ3v) is 2.61. The van der Waals surface area contributed by atoms with E-state index in [2.05, 4.69) is 17.0 Å². The van der Waals surface area contributed by atoms with Gasteiger partial charge in [0.15, 0.2) is 0 Å². The van der Waals surface area contributed by atoms with Crippen molar-refractivity contribution in [2.24, 2.45) is 0 Å². The van der Waals surface area contributed by atoms with Gasteiger partial charge in [-0.2, -0.15) is 0 Å². The number of benzene rings is 1. The standard InChI is InChI=1S/C13H20N2O3/c1-4-5-6-15-12-10(14)7-9(13(16)18-3)8-11(12)17-2/h7-8,15H,4-6,14H2,1-3H3. The first-order chi connectivity index (χ1) is 8.63. The summed E-state index contributed by atoms with van der Waals surface area (Å²) < 4.78 is 9.90. The molecule has 0 saturated heterocycles. The van der Waals surface area contributed by atoms with Gasteiger partial charge < -0.3 is 20.5 Å². The van der Waals surface area contributed by atoms with Gasteiger partial charge >= 0.3 is 5.97 Å². The van der Waals surface area contributed by atoms with Crippen molar-refractivity contribution in [3.63, 3.8) is 0 Å². The number of rotatable bonds is 6. The highest BCUT2D eigenvalue weighted by molar-refractivity contribution is 5.93. The molecule has 0 aliphatic heterocycles. The number of anilines is 2. The molecule has 3 N–H and O–H groups in total. The minimum atomic E-state index is -0.430. The van der Waals surface area contributed by atoms with Crippen LogP contribution in [-0.4, -0.2) is 26.7 Å². The van der Waals surface area contributed by atoms with Gasteiger partial charge in [-0.1, -0.05) is 13.3 Å². The fourth-order valence-corrected chi connectivity index (χ4v) is 1.61. The Morgan fingerprint density at radius 3 is 2.67 bits per heavy atom. The zero-order valence-corrected chi connectivity index (χ0v) is 11.1. The lowest BCUT2D eigenvalue weighted by molar-refractivity contribution is 0.0600. The summed E-state index contributed by atoms with van der Waals surface area (Å²) in [6.07, 6.45) is 2.14. The van der Waals surface area contributed by atoms with Crippen molar-refractivity contribution in [1.82, 2.24) is 0 Å². The van der Waals surface area contributed by atoms with Crippen LogP contribution in [0.2, 0.25) is 0 Å². The molecule has 1 rings (SSSR count). The summed E-state index contributed by atoms with van der Waals surface area (Å²) in [7, 11) is 2.87. The predicted octanol–water partition coefficient (Wildman–Crippen LogP) is 2.28. The van der Waals surface area contributed by atoms with Gasteiger partial charge in [-0.25, -0.2) is 4.79 Å². The van der Waals surface area contributed by atoms with Crippen LogP contribution < -0.4 is 15.8 Å². The van der Waals surface area contributed by atoms with Crippen molar-refractivity contribution in [2.45, 2.75) is 19.8 Å². The van der Waals surface area contributed by atoms with Gasteiger partial charge in [0.25, 0.3) is 0 Å². The van der Waals surface area contributed by atoms with Gasteiger partial charge in [-0.3, -0.25) is 0 Å². The minimum absolute atomic E-state index is 0.382. The molecule has 0 heterocycles. The number of nitrogen functional groups attached to an aromatic ring is 1. The smallest absolute Gasteiger partial charge is 0.338 e. The molecule has 0 aliphatic carbocycles. The van der Waals surface area contributed by atoms with Gasteiger partial charge in [0.1, 0.15) is 11.4 Å². The first kappa shape index (κ1) is 14.2. The van der Waals surface area contributed by atoms with E-state index in [1.807, 2.05) is 0 Å². The highest BCUT2D eigenvalue weighted by Crippen LogP contribution is 2.32. The second-order valence-electron chi connectivity index (χ2n) is 3.91. The highest BCUT2D eigenvalue weighted by atomic mass is 16.5. The van der Waals surface area contributed by atoms with Crippen LogP contribution in [0.15, 0.2) is 12.1 Å². The zero-order chi connectivity index (χ0) is 13.5. The number of nitrogens with two attached hydrogens (primary N) is 1. The molecule has 0 spiro atoms. The first-order valence-electron chi connectivity index (χ1n) is 5.93.